The number of thiophene rings is 1. The van der Waals surface area contributed by atoms with Crippen LogP contribution in [0.1, 0.15) is 50.5 Å². The molecule has 2 aromatic heterocycles. The lowest BCUT2D eigenvalue weighted by Gasteiger charge is -2.05. The van der Waals surface area contributed by atoms with Gasteiger partial charge in [0.25, 0.3) is 5.56 Å². The molecule has 0 spiro atoms. The van der Waals surface area contributed by atoms with Crippen molar-refractivity contribution in [3.05, 3.63) is 27.6 Å². The third kappa shape index (κ3) is 4.65. The Kier molecular flexibility index (Phi) is 6.90. The second kappa shape index (κ2) is 8.69. The highest BCUT2D eigenvalue weighted by Gasteiger charge is 2.07. The molecule has 0 aromatic carbocycles. The maximum atomic E-state index is 12.3. The Morgan fingerprint density at radius 3 is 2.52 bits per heavy atom. The molecule has 21 heavy (non-hydrogen) atoms. The molecular formula is C16H23BrN2OS. The van der Waals surface area contributed by atoms with Gasteiger partial charge in [-0.15, -0.1) is 11.3 Å². The van der Waals surface area contributed by atoms with Crippen molar-refractivity contribution in [3.8, 4) is 0 Å². The second-order valence-corrected chi connectivity index (χ2v) is 7.18. The number of fused-ring (bicyclic) bond motifs is 1. The zero-order valence-corrected chi connectivity index (χ0v) is 15.0. The molecule has 0 unspecified atom stereocenters. The molecular weight excluding hydrogens is 348 g/mol. The van der Waals surface area contributed by atoms with Crippen molar-refractivity contribution in [1.82, 2.24) is 9.55 Å². The van der Waals surface area contributed by atoms with Gasteiger partial charge in [-0.25, -0.2) is 4.98 Å². The quantitative estimate of drug-likeness (QED) is 0.465. The van der Waals surface area contributed by atoms with Crippen LogP contribution in [0.15, 0.2) is 16.5 Å². The average molecular weight is 371 g/mol. The normalized spacial score (nSPS) is 11.3. The highest BCUT2D eigenvalue weighted by molar-refractivity contribution is 9.09. The van der Waals surface area contributed by atoms with E-state index in [1.165, 1.54) is 49.9 Å². The summed E-state index contributed by atoms with van der Waals surface area (Å²) in [6.07, 6.45) is 10.5. The zero-order chi connectivity index (χ0) is 15.1. The van der Waals surface area contributed by atoms with Gasteiger partial charge in [0.1, 0.15) is 4.70 Å². The monoisotopic (exact) mass is 370 g/mol. The van der Waals surface area contributed by atoms with Gasteiger partial charge in [0.05, 0.1) is 11.8 Å². The van der Waals surface area contributed by atoms with Crippen LogP contribution in [-0.4, -0.2) is 14.9 Å². The van der Waals surface area contributed by atoms with E-state index in [2.05, 4.69) is 20.9 Å². The van der Waals surface area contributed by atoms with Crippen LogP contribution in [0.5, 0.6) is 0 Å². The van der Waals surface area contributed by atoms with Gasteiger partial charge in [0, 0.05) is 11.9 Å². The molecule has 116 valence electrons. The van der Waals surface area contributed by atoms with E-state index in [1.54, 1.807) is 10.9 Å². The van der Waals surface area contributed by atoms with Gasteiger partial charge in [-0.2, -0.15) is 0 Å². The first-order valence-electron chi connectivity index (χ1n) is 7.73. The number of nitrogens with zero attached hydrogens (tertiary/aromatic N) is 2. The summed E-state index contributed by atoms with van der Waals surface area (Å²) in [6, 6.07) is 0. The van der Waals surface area contributed by atoms with E-state index in [-0.39, 0.29) is 5.56 Å². The Morgan fingerprint density at radius 2 is 1.81 bits per heavy atom. The fourth-order valence-corrected chi connectivity index (χ4v) is 3.83. The Labute approximate surface area is 138 Å². The van der Waals surface area contributed by atoms with Crippen molar-refractivity contribution in [2.45, 2.75) is 58.4 Å². The van der Waals surface area contributed by atoms with Crippen LogP contribution in [0.2, 0.25) is 0 Å². The minimum absolute atomic E-state index is 0.121. The molecule has 0 aliphatic heterocycles. The number of hydrogen-bond donors (Lipinski definition) is 0. The number of alkyl halides is 1. The van der Waals surface area contributed by atoms with E-state index >= 15 is 0 Å². The van der Waals surface area contributed by atoms with Gasteiger partial charge in [0.2, 0.25) is 0 Å². The number of hydrogen-bond acceptors (Lipinski definition) is 3. The summed E-state index contributed by atoms with van der Waals surface area (Å²) in [5.41, 5.74) is 2.09. The van der Waals surface area contributed by atoms with E-state index in [1.807, 2.05) is 12.3 Å². The first kappa shape index (κ1) is 16.7. The number of rotatable bonds is 9. The summed E-state index contributed by atoms with van der Waals surface area (Å²) in [6.45, 7) is 2.80. The van der Waals surface area contributed by atoms with Gasteiger partial charge < -0.3 is 0 Å². The van der Waals surface area contributed by atoms with E-state index < -0.39 is 0 Å². The molecule has 2 rings (SSSR count). The molecule has 5 heteroatoms. The number of aromatic nitrogens is 2. The van der Waals surface area contributed by atoms with Crippen LogP contribution >= 0.6 is 27.3 Å². The molecule has 0 aliphatic carbocycles. The predicted molar refractivity (Wildman–Crippen MR) is 94.7 cm³/mol. The third-order valence-corrected chi connectivity index (χ3v) is 5.39. The van der Waals surface area contributed by atoms with Crippen molar-refractivity contribution >= 4 is 37.5 Å². The molecule has 2 aromatic rings. The first-order valence-corrected chi connectivity index (χ1v) is 9.73. The fourth-order valence-electron chi connectivity index (χ4n) is 2.48. The lowest BCUT2D eigenvalue weighted by atomic mass is 10.1. The number of halogens is 1. The summed E-state index contributed by atoms with van der Waals surface area (Å²) in [5.74, 6) is 0. The van der Waals surface area contributed by atoms with Crippen molar-refractivity contribution in [3.63, 3.8) is 0 Å². The van der Waals surface area contributed by atoms with Crippen molar-refractivity contribution in [2.24, 2.45) is 0 Å². The molecule has 0 saturated heterocycles. The largest absolute Gasteiger partial charge is 0.298 e. The minimum atomic E-state index is 0.121. The Morgan fingerprint density at radius 1 is 1.14 bits per heavy atom. The molecule has 0 aliphatic rings. The van der Waals surface area contributed by atoms with Gasteiger partial charge in [-0.1, -0.05) is 48.0 Å². The van der Waals surface area contributed by atoms with E-state index in [0.29, 0.717) is 0 Å². The lowest BCUT2D eigenvalue weighted by Crippen LogP contribution is -2.19. The molecule has 2 heterocycles. The highest BCUT2D eigenvalue weighted by Crippen LogP contribution is 2.19. The number of aryl methyl sites for hydroxylation is 2. The van der Waals surface area contributed by atoms with Gasteiger partial charge in [-0.3, -0.25) is 9.36 Å². The second-order valence-electron chi connectivity index (χ2n) is 5.50. The summed E-state index contributed by atoms with van der Waals surface area (Å²) in [7, 11) is 0. The molecule has 0 N–H and O–H groups in total. The summed E-state index contributed by atoms with van der Waals surface area (Å²) < 4.78 is 2.56. The number of unbranched alkanes of at least 4 members (excludes halogenated alkanes) is 6. The zero-order valence-electron chi connectivity index (χ0n) is 12.6. The SMILES string of the molecule is Cc1csc2c(=O)n(CCCCCCCCCBr)cnc12. The summed E-state index contributed by atoms with van der Waals surface area (Å²) in [4.78, 5) is 16.7. The molecule has 0 bridgehead atoms. The van der Waals surface area contributed by atoms with Crippen LogP contribution in [0.4, 0.5) is 0 Å². The summed E-state index contributed by atoms with van der Waals surface area (Å²) >= 11 is 4.97. The average Bonchev–Trinajstić information content (AvgIpc) is 2.86. The van der Waals surface area contributed by atoms with Crippen LogP contribution in [0.25, 0.3) is 10.2 Å². The Bertz CT molecular complexity index is 620. The maximum absolute atomic E-state index is 12.3. The molecule has 0 atom stereocenters. The topological polar surface area (TPSA) is 34.9 Å². The molecule has 0 saturated carbocycles. The smallest absolute Gasteiger partial charge is 0.271 e. The molecule has 0 amide bonds. The minimum Gasteiger partial charge on any atom is -0.298 e. The van der Waals surface area contributed by atoms with E-state index in [4.69, 9.17) is 0 Å². The maximum Gasteiger partial charge on any atom is 0.271 e. The van der Waals surface area contributed by atoms with Gasteiger partial charge in [0.15, 0.2) is 0 Å². The summed E-state index contributed by atoms with van der Waals surface area (Å²) in [5, 5.41) is 3.13. The lowest BCUT2D eigenvalue weighted by molar-refractivity contribution is 0.542. The Hall–Kier alpha value is -0.680. The van der Waals surface area contributed by atoms with Gasteiger partial charge in [-0.05, 0) is 30.7 Å². The van der Waals surface area contributed by atoms with Crippen LogP contribution < -0.4 is 5.56 Å². The highest BCUT2D eigenvalue weighted by atomic mass is 79.9. The van der Waals surface area contributed by atoms with Crippen LogP contribution in [-0.2, 0) is 6.54 Å². The van der Waals surface area contributed by atoms with E-state index in [9.17, 15) is 4.79 Å². The van der Waals surface area contributed by atoms with Crippen molar-refractivity contribution in [2.75, 3.05) is 5.33 Å². The predicted octanol–water partition coefficient (Wildman–Crippen LogP) is 4.89. The van der Waals surface area contributed by atoms with Crippen molar-refractivity contribution < 1.29 is 0 Å². The fraction of sp³-hybridized carbons (Fsp3) is 0.625. The molecule has 0 radical (unpaired) electrons. The van der Waals surface area contributed by atoms with Crippen LogP contribution in [0.3, 0.4) is 0 Å². The van der Waals surface area contributed by atoms with E-state index in [0.717, 1.165) is 34.1 Å². The van der Waals surface area contributed by atoms with Crippen LogP contribution in [0, 0.1) is 6.92 Å². The molecule has 3 nitrogen and oxygen atoms in total. The molecule has 0 fully saturated rings. The van der Waals surface area contributed by atoms with Crippen molar-refractivity contribution in [1.29, 1.82) is 0 Å². The van der Waals surface area contributed by atoms with Gasteiger partial charge >= 0.3 is 0 Å². The standard InChI is InChI=1S/C16H23BrN2OS/c1-13-11-21-15-14(13)18-12-19(16(15)20)10-8-6-4-2-3-5-7-9-17/h11-12H,2-10H2,1H3. The Balaban J connectivity index is 1.76. The third-order valence-electron chi connectivity index (χ3n) is 3.76. The first-order chi connectivity index (χ1) is 10.2.